The molecule has 0 unspecified atom stereocenters. The summed E-state index contributed by atoms with van der Waals surface area (Å²) >= 11 is 0. The monoisotopic (exact) mass is 491 g/mol. The molecule has 1 atom stereocenters. The van der Waals surface area contributed by atoms with Crippen LogP contribution in [0.15, 0.2) is 30.3 Å². The number of nitrogens with zero attached hydrogens (tertiary/aromatic N) is 2. The molecular formula is C26H41N3O6. The van der Waals surface area contributed by atoms with Crippen LogP contribution in [0.5, 0.6) is 0 Å². The molecule has 196 valence electrons. The van der Waals surface area contributed by atoms with Crippen LogP contribution in [0.2, 0.25) is 0 Å². The number of nitrogens with one attached hydrogen (secondary N) is 1. The Balaban J connectivity index is 1.99. The molecule has 1 fully saturated rings. The Morgan fingerprint density at radius 3 is 2.31 bits per heavy atom. The molecule has 1 aliphatic rings. The summed E-state index contributed by atoms with van der Waals surface area (Å²) in [6.45, 7) is 13.5. The van der Waals surface area contributed by atoms with Crippen molar-refractivity contribution in [3.05, 3.63) is 35.9 Å². The molecule has 9 heteroatoms. The number of amides is 2. The highest BCUT2D eigenvalue weighted by Gasteiger charge is 2.35. The van der Waals surface area contributed by atoms with Crippen molar-refractivity contribution in [2.24, 2.45) is 5.41 Å². The highest BCUT2D eigenvalue weighted by molar-refractivity contribution is 5.76. The molecule has 0 saturated carbocycles. The second-order valence-corrected chi connectivity index (χ2v) is 10.4. The summed E-state index contributed by atoms with van der Waals surface area (Å²) < 4.78 is 16.2. The number of carbonyl (C=O) groups is 3. The van der Waals surface area contributed by atoms with Gasteiger partial charge in [-0.2, -0.15) is 0 Å². The number of ether oxygens (including phenoxy) is 3. The van der Waals surface area contributed by atoms with Crippen molar-refractivity contribution < 1.29 is 28.6 Å². The van der Waals surface area contributed by atoms with E-state index in [-0.39, 0.29) is 18.6 Å². The first-order chi connectivity index (χ1) is 16.4. The van der Waals surface area contributed by atoms with E-state index >= 15 is 0 Å². The lowest BCUT2D eigenvalue weighted by atomic mass is 9.93. The van der Waals surface area contributed by atoms with Gasteiger partial charge in [0.1, 0.15) is 12.2 Å². The number of hydrogen-bond acceptors (Lipinski definition) is 7. The highest BCUT2D eigenvalue weighted by atomic mass is 16.6. The SMILES string of the molecule is CCOC(=O)C(C)(C)CNCC[C@H]1CN(C(=O)OC(C)(C)C)CCN1C(=O)OCc1ccccc1. The summed E-state index contributed by atoms with van der Waals surface area (Å²) in [5, 5.41) is 3.30. The van der Waals surface area contributed by atoms with Crippen LogP contribution < -0.4 is 5.32 Å². The maximum atomic E-state index is 12.9. The minimum Gasteiger partial charge on any atom is -0.466 e. The summed E-state index contributed by atoms with van der Waals surface area (Å²) in [6.07, 6.45) is -0.218. The Bertz CT molecular complexity index is 837. The summed E-state index contributed by atoms with van der Waals surface area (Å²) in [5.41, 5.74) is -0.356. The van der Waals surface area contributed by atoms with Gasteiger partial charge in [-0.15, -0.1) is 0 Å². The van der Waals surface area contributed by atoms with E-state index in [9.17, 15) is 14.4 Å². The van der Waals surface area contributed by atoms with Crippen LogP contribution in [0.3, 0.4) is 0 Å². The minimum atomic E-state index is -0.667. The van der Waals surface area contributed by atoms with Gasteiger partial charge in [-0.05, 0) is 60.1 Å². The van der Waals surface area contributed by atoms with E-state index < -0.39 is 23.2 Å². The first kappa shape index (κ1) is 28.4. The number of piperazine rings is 1. The smallest absolute Gasteiger partial charge is 0.410 e. The Morgan fingerprint density at radius 2 is 1.69 bits per heavy atom. The van der Waals surface area contributed by atoms with Gasteiger partial charge in [-0.25, -0.2) is 9.59 Å². The zero-order chi connectivity index (χ0) is 26.1. The minimum absolute atomic E-state index is 0.185. The van der Waals surface area contributed by atoms with E-state index in [0.717, 1.165) is 5.56 Å². The third-order valence-electron chi connectivity index (χ3n) is 5.62. The van der Waals surface area contributed by atoms with Crippen LogP contribution in [0.1, 0.15) is 53.5 Å². The highest BCUT2D eigenvalue weighted by Crippen LogP contribution is 2.19. The van der Waals surface area contributed by atoms with Crippen LogP contribution in [0, 0.1) is 5.41 Å². The third kappa shape index (κ3) is 9.39. The molecule has 0 bridgehead atoms. The van der Waals surface area contributed by atoms with Crippen molar-refractivity contribution >= 4 is 18.2 Å². The standard InChI is InChI=1S/C26H41N3O6/c1-7-33-22(30)26(5,6)19-27-14-13-21-17-28(23(31)35-25(2,3)4)15-16-29(21)24(32)34-18-20-11-9-8-10-12-20/h8-12,21,27H,7,13-19H2,1-6H3/t21-/m0/s1. The largest absolute Gasteiger partial charge is 0.466 e. The Kier molecular flexibility index (Phi) is 10.4. The lowest BCUT2D eigenvalue weighted by molar-refractivity contribution is -0.153. The molecule has 1 heterocycles. The molecule has 35 heavy (non-hydrogen) atoms. The first-order valence-electron chi connectivity index (χ1n) is 12.3. The summed E-state index contributed by atoms with van der Waals surface area (Å²) in [4.78, 5) is 41.0. The van der Waals surface area contributed by atoms with Crippen molar-refractivity contribution in [2.45, 2.75) is 66.2 Å². The molecule has 2 rings (SSSR count). The molecule has 0 spiro atoms. The molecular weight excluding hydrogens is 450 g/mol. The van der Waals surface area contributed by atoms with Crippen LogP contribution in [0.25, 0.3) is 0 Å². The van der Waals surface area contributed by atoms with Gasteiger partial charge in [0.2, 0.25) is 0 Å². The van der Waals surface area contributed by atoms with E-state index in [4.69, 9.17) is 14.2 Å². The normalized spacial score (nSPS) is 16.6. The molecule has 1 aliphatic heterocycles. The molecule has 1 aromatic rings. The molecule has 9 nitrogen and oxygen atoms in total. The topological polar surface area (TPSA) is 97.4 Å². The molecule has 1 N–H and O–H groups in total. The van der Waals surface area contributed by atoms with E-state index in [0.29, 0.717) is 45.8 Å². The van der Waals surface area contributed by atoms with Crippen molar-refractivity contribution in [1.29, 1.82) is 0 Å². The average molecular weight is 492 g/mol. The quantitative estimate of drug-likeness (QED) is 0.319. The first-order valence-corrected chi connectivity index (χ1v) is 12.3. The van der Waals surface area contributed by atoms with E-state index in [2.05, 4.69) is 5.32 Å². The Morgan fingerprint density at radius 1 is 1.00 bits per heavy atom. The maximum Gasteiger partial charge on any atom is 0.410 e. The van der Waals surface area contributed by atoms with Gasteiger partial charge in [0.15, 0.2) is 0 Å². The van der Waals surface area contributed by atoms with Gasteiger partial charge in [-0.3, -0.25) is 4.79 Å². The predicted octanol–water partition coefficient (Wildman–Crippen LogP) is 3.81. The molecule has 1 aromatic carbocycles. The summed E-state index contributed by atoms with van der Waals surface area (Å²) in [6, 6.07) is 9.26. The maximum absolute atomic E-state index is 12.9. The molecule has 0 radical (unpaired) electrons. The fourth-order valence-corrected chi connectivity index (χ4v) is 3.71. The van der Waals surface area contributed by atoms with Crippen LogP contribution in [-0.2, 0) is 25.6 Å². The van der Waals surface area contributed by atoms with Crippen LogP contribution in [0.4, 0.5) is 9.59 Å². The van der Waals surface area contributed by atoms with Gasteiger partial charge in [-0.1, -0.05) is 30.3 Å². The molecule has 0 aliphatic carbocycles. The zero-order valence-corrected chi connectivity index (χ0v) is 22.0. The van der Waals surface area contributed by atoms with Crippen molar-refractivity contribution in [3.63, 3.8) is 0 Å². The second-order valence-electron chi connectivity index (χ2n) is 10.4. The van der Waals surface area contributed by atoms with E-state index in [1.165, 1.54) is 0 Å². The van der Waals surface area contributed by atoms with Crippen molar-refractivity contribution in [2.75, 3.05) is 39.3 Å². The fraction of sp³-hybridized carbons (Fsp3) is 0.654. The Labute approximate surface area is 209 Å². The lowest BCUT2D eigenvalue weighted by Crippen LogP contribution is -2.57. The number of benzene rings is 1. The zero-order valence-electron chi connectivity index (χ0n) is 22.0. The number of hydrogen-bond donors (Lipinski definition) is 1. The average Bonchev–Trinajstić information content (AvgIpc) is 2.80. The van der Waals surface area contributed by atoms with Gasteiger partial charge in [0.25, 0.3) is 0 Å². The van der Waals surface area contributed by atoms with Crippen molar-refractivity contribution in [3.8, 4) is 0 Å². The Hall–Kier alpha value is -2.81. The summed E-state index contributed by atoms with van der Waals surface area (Å²) in [7, 11) is 0. The van der Waals surface area contributed by atoms with E-state index in [1.807, 2.05) is 65.0 Å². The molecule has 2 amide bonds. The van der Waals surface area contributed by atoms with Gasteiger partial charge < -0.3 is 29.3 Å². The van der Waals surface area contributed by atoms with Gasteiger partial charge in [0.05, 0.1) is 18.1 Å². The van der Waals surface area contributed by atoms with Crippen LogP contribution in [-0.4, -0.2) is 78.9 Å². The number of rotatable bonds is 9. The van der Waals surface area contributed by atoms with Gasteiger partial charge in [0, 0.05) is 26.2 Å². The predicted molar refractivity (Wildman–Crippen MR) is 133 cm³/mol. The third-order valence-corrected chi connectivity index (χ3v) is 5.62. The fourth-order valence-electron chi connectivity index (χ4n) is 3.71. The number of carbonyl (C=O) groups excluding carboxylic acids is 3. The molecule has 1 saturated heterocycles. The number of esters is 1. The lowest BCUT2D eigenvalue weighted by Gasteiger charge is -2.41. The van der Waals surface area contributed by atoms with E-state index in [1.54, 1.807) is 16.7 Å². The van der Waals surface area contributed by atoms with Crippen LogP contribution >= 0.6 is 0 Å². The van der Waals surface area contributed by atoms with Crippen molar-refractivity contribution in [1.82, 2.24) is 15.1 Å². The molecule has 0 aromatic heterocycles. The second kappa shape index (κ2) is 12.8. The summed E-state index contributed by atoms with van der Waals surface area (Å²) in [5.74, 6) is -0.257. The van der Waals surface area contributed by atoms with Gasteiger partial charge >= 0.3 is 18.2 Å².